The van der Waals surface area contributed by atoms with Gasteiger partial charge in [-0.2, -0.15) is 4.39 Å². The second-order valence-electron chi connectivity index (χ2n) is 9.76. The van der Waals surface area contributed by atoms with Crippen LogP contribution in [-0.4, -0.2) is 61.6 Å². The molecule has 0 radical (unpaired) electrons. The van der Waals surface area contributed by atoms with Gasteiger partial charge in [-0.3, -0.25) is 0 Å². The van der Waals surface area contributed by atoms with E-state index >= 15 is 0 Å². The van der Waals surface area contributed by atoms with Crippen LogP contribution >= 0.6 is 0 Å². The number of ether oxygens (including phenoxy) is 2. The van der Waals surface area contributed by atoms with E-state index in [4.69, 9.17) is 9.47 Å². The number of nitrogens with one attached hydrogen (secondary N) is 3. The highest BCUT2D eigenvalue weighted by Gasteiger charge is 2.23. The molecule has 0 bridgehead atoms. The second kappa shape index (κ2) is 12.6. The summed E-state index contributed by atoms with van der Waals surface area (Å²) in [5.41, 5.74) is 1.16. The molecular weight excluding hydrogens is 452 g/mol. The van der Waals surface area contributed by atoms with Gasteiger partial charge < -0.3 is 25.4 Å². The topological polar surface area (TPSA) is 80.3 Å². The predicted molar refractivity (Wildman–Crippen MR) is 134 cm³/mol. The van der Waals surface area contributed by atoms with Crippen molar-refractivity contribution in [1.29, 1.82) is 0 Å². The molecular formula is C26H37F2N5O2. The Labute approximate surface area is 206 Å². The minimum atomic E-state index is -0.584. The zero-order valence-corrected chi connectivity index (χ0v) is 20.7. The third-order valence-electron chi connectivity index (χ3n) is 6.94. The molecule has 9 heteroatoms. The summed E-state index contributed by atoms with van der Waals surface area (Å²) in [5.74, 6) is -0.00136. The predicted octanol–water partition coefficient (Wildman–Crippen LogP) is 4.61. The molecule has 0 amide bonds. The standard InChI is InChI=1S/C26H37F2N5O2/c1-17(16-34-2)32-20-3-5-21(6-4-20)33-25-12-22(23(27)15-30-25)19-11-24(26(28)31-14-19)29-13-18-7-9-35-10-8-18/h11-12,14-15,17-18,20-21,29,32H,3-10,13,16H2,1-2H3,(H,30,33)/t17-,20-,21-/m0/s1. The molecule has 2 aliphatic rings. The molecule has 1 aliphatic carbocycles. The second-order valence-corrected chi connectivity index (χ2v) is 9.76. The lowest BCUT2D eigenvalue weighted by Crippen LogP contribution is -2.42. The number of hydrogen-bond acceptors (Lipinski definition) is 7. The van der Waals surface area contributed by atoms with E-state index in [9.17, 15) is 8.78 Å². The van der Waals surface area contributed by atoms with E-state index in [-0.39, 0.29) is 11.7 Å². The molecule has 0 aromatic carbocycles. The third-order valence-corrected chi connectivity index (χ3v) is 6.94. The lowest BCUT2D eigenvalue weighted by atomic mass is 9.90. The van der Waals surface area contributed by atoms with Crippen molar-refractivity contribution >= 4 is 11.5 Å². The van der Waals surface area contributed by atoms with Gasteiger partial charge in [0.05, 0.1) is 18.5 Å². The van der Waals surface area contributed by atoms with Crippen LogP contribution in [0.1, 0.15) is 45.4 Å². The number of halogens is 2. The molecule has 2 aromatic rings. The summed E-state index contributed by atoms with van der Waals surface area (Å²) in [5, 5.41) is 10.2. The van der Waals surface area contributed by atoms with Crippen LogP contribution in [0.15, 0.2) is 24.5 Å². The Balaban J connectivity index is 1.37. The first kappa shape index (κ1) is 25.7. The van der Waals surface area contributed by atoms with Crippen LogP contribution in [0, 0.1) is 17.7 Å². The molecule has 1 saturated heterocycles. The van der Waals surface area contributed by atoms with Crippen molar-refractivity contribution in [3.8, 4) is 11.1 Å². The molecule has 0 spiro atoms. The van der Waals surface area contributed by atoms with Gasteiger partial charge in [-0.05, 0) is 63.5 Å². The first-order chi connectivity index (χ1) is 17.0. The van der Waals surface area contributed by atoms with Crippen LogP contribution in [0.5, 0.6) is 0 Å². The molecule has 35 heavy (non-hydrogen) atoms. The van der Waals surface area contributed by atoms with Crippen molar-refractivity contribution in [3.63, 3.8) is 0 Å². The molecule has 1 aliphatic heterocycles. The monoisotopic (exact) mass is 489 g/mol. The maximum absolute atomic E-state index is 14.7. The number of aromatic nitrogens is 2. The lowest BCUT2D eigenvalue weighted by Gasteiger charge is -2.31. The quantitative estimate of drug-likeness (QED) is 0.421. The SMILES string of the molecule is COC[C@H](C)N[C@H]1CC[C@H](Nc2cc(-c3cnc(F)c(NCC4CCOCC4)c3)c(F)cn2)CC1. The maximum atomic E-state index is 14.7. The van der Waals surface area contributed by atoms with Crippen LogP contribution in [-0.2, 0) is 9.47 Å². The maximum Gasteiger partial charge on any atom is 0.236 e. The van der Waals surface area contributed by atoms with Gasteiger partial charge in [-0.15, -0.1) is 0 Å². The fourth-order valence-corrected chi connectivity index (χ4v) is 4.98. The Morgan fingerprint density at radius 2 is 1.77 bits per heavy atom. The average Bonchev–Trinajstić information content (AvgIpc) is 2.87. The van der Waals surface area contributed by atoms with Crippen LogP contribution in [0.4, 0.5) is 20.3 Å². The Hall–Kier alpha value is -2.36. The largest absolute Gasteiger partial charge is 0.383 e. The van der Waals surface area contributed by atoms with Crippen molar-refractivity contribution in [2.24, 2.45) is 5.92 Å². The smallest absolute Gasteiger partial charge is 0.236 e. The van der Waals surface area contributed by atoms with Crippen molar-refractivity contribution in [2.75, 3.05) is 44.1 Å². The summed E-state index contributed by atoms with van der Waals surface area (Å²) in [6.45, 7) is 4.94. The summed E-state index contributed by atoms with van der Waals surface area (Å²) in [6, 6.07) is 4.41. The van der Waals surface area contributed by atoms with E-state index in [0.717, 1.165) is 51.7 Å². The molecule has 2 fully saturated rings. The molecule has 192 valence electrons. The van der Waals surface area contributed by atoms with Gasteiger partial charge >= 0.3 is 0 Å². The number of hydrogen-bond donors (Lipinski definition) is 3. The summed E-state index contributed by atoms with van der Waals surface area (Å²) < 4.78 is 39.7. The zero-order chi connectivity index (χ0) is 24.6. The van der Waals surface area contributed by atoms with Gasteiger partial charge in [-0.1, -0.05) is 0 Å². The fraction of sp³-hybridized carbons (Fsp3) is 0.615. The summed E-state index contributed by atoms with van der Waals surface area (Å²) in [7, 11) is 1.72. The highest BCUT2D eigenvalue weighted by Crippen LogP contribution is 2.29. The van der Waals surface area contributed by atoms with E-state index in [2.05, 4.69) is 32.8 Å². The molecule has 1 atom stereocenters. The van der Waals surface area contributed by atoms with E-state index in [0.29, 0.717) is 48.1 Å². The van der Waals surface area contributed by atoms with Gasteiger partial charge in [0.15, 0.2) is 0 Å². The van der Waals surface area contributed by atoms with Gasteiger partial charge in [0.1, 0.15) is 11.6 Å². The number of methoxy groups -OCH3 is 1. The first-order valence-corrected chi connectivity index (χ1v) is 12.7. The molecule has 7 nitrogen and oxygen atoms in total. The van der Waals surface area contributed by atoms with Crippen molar-refractivity contribution < 1.29 is 18.3 Å². The van der Waals surface area contributed by atoms with Gasteiger partial charge in [0.2, 0.25) is 5.95 Å². The van der Waals surface area contributed by atoms with E-state index in [1.165, 1.54) is 12.4 Å². The molecule has 3 heterocycles. The van der Waals surface area contributed by atoms with Crippen LogP contribution in [0.2, 0.25) is 0 Å². The number of anilines is 2. The third kappa shape index (κ3) is 7.32. The highest BCUT2D eigenvalue weighted by atomic mass is 19.1. The molecule has 4 rings (SSSR count). The lowest BCUT2D eigenvalue weighted by molar-refractivity contribution is 0.0699. The van der Waals surface area contributed by atoms with Crippen LogP contribution in [0.3, 0.4) is 0 Å². The number of nitrogens with zero attached hydrogens (tertiary/aromatic N) is 2. The minimum absolute atomic E-state index is 0.277. The van der Waals surface area contributed by atoms with E-state index in [1.54, 1.807) is 19.2 Å². The Morgan fingerprint density at radius 1 is 1.03 bits per heavy atom. The first-order valence-electron chi connectivity index (χ1n) is 12.7. The normalized spacial score (nSPS) is 22.1. The Kier molecular flexibility index (Phi) is 9.23. The van der Waals surface area contributed by atoms with Crippen molar-refractivity contribution in [2.45, 2.75) is 63.6 Å². The summed E-state index contributed by atoms with van der Waals surface area (Å²) in [4.78, 5) is 8.12. The summed E-state index contributed by atoms with van der Waals surface area (Å²) >= 11 is 0. The molecule has 2 aromatic heterocycles. The van der Waals surface area contributed by atoms with Crippen molar-refractivity contribution in [3.05, 3.63) is 36.3 Å². The molecule has 1 saturated carbocycles. The van der Waals surface area contributed by atoms with E-state index in [1.807, 2.05) is 0 Å². The fourth-order valence-electron chi connectivity index (χ4n) is 4.98. The highest BCUT2D eigenvalue weighted by molar-refractivity contribution is 5.69. The van der Waals surface area contributed by atoms with Crippen molar-refractivity contribution in [1.82, 2.24) is 15.3 Å². The number of pyridine rings is 2. The Morgan fingerprint density at radius 3 is 2.51 bits per heavy atom. The van der Waals surface area contributed by atoms with E-state index < -0.39 is 11.8 Å². The zero-order valence-electron chi connectivity index (χ0n) is 20.7. The van der Waals surface area contributed by atoms with Crippen LogP contribution < -0.4 is 16.0 Å². The average molecular weight is 490 g/mol. The number of rotatable bonds is 10. The summed E-state index contributed by atoms with van der Waals surface area (Å²) in [6.07, 6.45) is 8.60. The van der Waals surface area contributed by atoms with Gasteiger partial charge in [0, 0.05) is 62.3 Å². The Bertz CT molecular complexity index is 949. The minimum Gasteiger partial charge on any atom is -0.383 e. The molecule has 0 unspecified atom stereocenters. The van der Waals surface area contributed by atoms with Gasteiger partial charge in [-0.25, -0.2) is 14.4 Å². The van der Waals surface area contributed by atoms with Crippen LogP contribution in [0.25, 0.3) is 11.1 Å². The molecule has 3 N–H and O–H groups in total. The van der Waals surface area contributed by atoms with Gasteiger partial charge in [0.25, 0.3) is 0 Å².